The van der Waals surface area contributed by atoms with Gasteiger partial charge < -0.3 is 21.2 Å². The average molecular weight is 226 g/mol. The minimum atomic E-state index is 0. The summed E-state index contributed by atoms with van der Waals surface area (Å²) in [6.45, 7) is 4.74. The van der Waals surface area contributed by atoms with E-state index in [4.69, 9.17) is 0 Å². The quantitative estimate of drug-likeness (QED) is 0.510. The fraction of sp³-hybridized carbons (Fsp3) is 0.455. The molecule has 0 saturated carbocycles. The second-order valence-corrected chi connectivity index (χ2v) is 3.71. The molecule has 4 nitrogen and oxygen atoms in total. The van der Waals surface area contributed by atoms with Gasteiger partial charge in [0.15, 0.2) is 0 Å². The molecule has 0 aromatic heterocycles. The van der Waals surface area contributed by atoms with Crippen LogP contribution in [0.25, 0.3) is 0 Å². The van der Waals surface area contributed by atoms with Gasteiger partial charge in [0.05, 0.1) is 0 Å². The lowest BCUT2D eigenvalue weighted by Gasteiger charge is -2.21. The lowest BCUT2D eigenvalue weighted by atomic mass is 9.97. The summed E-state index contributed by atoms with van der Waals surface area (Å²) in [6.07, 6.45) is 0. The van der Waals surface area contributed by atoms with E-state index in [1.807, 2.05) is 18.2 Å². The summed E-state index contributed by atoms with van der Waals surface area (Å²) in [7, 11) is 4.24. The maximum atomic E-state index is 3.27. The highest BCUT2D eigenvalue weighted by Crippen LogP contribution is 1.83. The molecule has 0 radical (unpaired) electrons. The van der Waals surface area contributed by atoms with Crippen LogP contribution in [-0.4, -0.2) is 56.9 Å². The summed E-state index contributed by atoms with van der Waals surface area (Å²) in [5.41, 5.74) is 1.32. The monoisotopic (exact) mass is 226 g/mol. The van der Waals surface area contributed by atoms with Gasteiger partial charge in [-0.05, 0) is 7.05 Å². The van der Waals surface area contributed by atoms with Gasteiger partial charge in [0, 0.05) is 26.2 Å². The van der Waals surface area contributed by atoms with Crippen molar-refractivity contribution in [3.05, 3.63) is 30.3 Å². The Bertz CT molecular complexity index is 241. The molecule has 5 heteroatoms. The molecule has 1 fully saturated rings. The fourth-order valence-corrected chi connectivity index (χ4v) is 1.31. The van der Waals surface area contributed by atoms with Crippen LogP contribution in [-0.2, 0) is 0 Å². The van der Waals surface area contributed by atoms with Crippen LogP contribution in [0.1, 0.15) is 0 Å². The zero-order valence-electron chi connectivity index (χ0n) is 10.2. The predicted octanol–water partition coefficient (Wildman–Crippen LogP) is -2.18. The Morgan fingerprint density at radius 1 is 1.06 bits per heavy atom. The second-order valence-electron chi connectivity index (χ2n) is 3.71. The van der Waals surface area contributed by atoms with E-state index >= 15 is 0 Å². The lowest BCUT2D eigenvalue weighted by molar-refractivity contribution is 0.291. The number of hydrogen-bond donors (Lipinski definition) is 1. The molecule has 16 heavy (non-hydrogen) atoms. The van der Waals surface area contributed by atoms with Crippen LogP contribution in [0.4, 0.5) is 0 Å². The van der Waals surface area contributed by atoms with Crippen molar-refractivity contribution in [2.45, 2.75) is 0 Å². The number of piperazine rings is 1. The zero-order chi connectivity index (χ0) is 10.2. The number of nitrogens with zero attached hydrogens (tertiary/aromatic N) is 1. The summed E-state index contributed by atoms with van der Waals surface area (Å²) in [6, 6.07) is 10.3. The van der Waals surface area contributed by atoms with Crippen LogP contribution in [0.2, 0.25) is 0 Å². The molecule has 1 aromatic carbocycles. The van der Waals surface area contributed by atoms with Gasteiger partial charge in [-0.3, -0.25) is 0 Å². The van der Waals surface area contributed by atoms with E-state index in [-0.39, 0.29) is 11.0 Å². The maximum absolute atomic E-state index is 3.27. The molecule has 0 spiro atoms. The van der Waals surface area contributed by atoms with Gasteiger partial charge >= 0.3 is 0 Å². The third kappa shape index (κ3) is 8.43. The van der Waals surface area contributed by atoms with Gasteiger partial charge in [-0.1, -0.05) is 35.8 Å². The first-order valence-electron chi connectivity index (χ1n) is 5.20. The van der Waals surface area contributed by atoms with Gasteiger partial charge in [-0.2, -0.15) is 0 Å². The zero-order valence-corrected chi connectivity index (χ0v) is 10.2. The van der Waals surface area contributed by atoms with Crippen LogP contribution in [0, 0.1) is 0 Å². The molecule has 0 bridgehead atoms. The van der Waals surface area contributed by atoms with Crippen molar-refractivity contribution in [2.75, 3.05) is 33.2 Å². The Balaban J connectivity index is 0. The highest BCUT2D eigenvalue weighted by Gasteiger charge is 2.01. The average Bonchev–Trinajstić information content (AvgIpc) is 2.21. The Kier molecular flexibility index (Phi) is 11.6. The maximum Gasteiger partial charge on any atom is 0.139 e. The molecule has 0 atom stereocenters. The van der Waals surface area contributed by atoms with Gasteiger partial charge in [-0.15, -0.1) is 0 Å². The smallest absolute Gasteiger partial charge is 0.139 e. The molecule has 92 valence electrons. The van der Waals surface area contributed by atoms with Gasteiger partial charge in [0.2, 0.25) is 0 Å². The number of rotatable bonds is 0. The Labute approximate surface area is 98.7 Å². The van der Waals surface area contributed by atoms with Gasteiger partial charge in [-0.25, -0.2) is 0 Å². The van der Waals surface area contributed by atoms with Crippen molar-refractivity contribution in [3.8, 4) is 0 Å². The first-order chi connectivity index (χ1) is 6.79. The molecule has 2 rings (SSSR count). The van der Waals surface area contributed by atoms with Crippen LogP contribution in [0.5, 0.6) is 0 Å². The van der Waals surface area contributed by atoms with E-state index in [0.29, 0.717) is 0 Å². The largest absolute Gasteiger partial charge is 0.412 e. The second kappa shape index (κ2) is 10.6. The third-order valence-electron chi connectivity index (χ3n) is 2.28. The summed E-state index contributed by atoms with van der Waals surface area (Å²) >= 11 is 0. The van der Waals surface area contributed by atoms with E-state index in [2.05, 4.69) is 37.2 Å². The minimum absolute atomic E-state index is 0. The normalized spacial score (nSPS) is 14.8. The lowest BCUT2D eigenvalue weighted by Crippen LogP contribution is -2.40. The molecular weight excluding hydrogens is 203 g/mol. The summed E-state index contributed by atoms with van der Waals surface area (Å²) in [5, 5.41) is 3.27. The topological polar surface area (TPSA) is 78.3 Å². The SMILES string of the molecule is Bc1ccccc1.CN1CCNCC1.O.O. The summed E-state index contributed by atoms with van der Waals surface area (Å²) in [4.78, 5) is 2.33. The molecule has 1 aromatic rings. The van der Waals surface area contributed by atoms with Crippen molar-refractivity contribution in [3.63, 3.8) is 0 Å². The third-order valence-corrected chi connectivity index (χ3v) is 2.28. The van der Waals surface area contributed by atoms with Crippen LogP contribution < -0.4 is 10.8 Å². The standard InChI is InChI=1S/C6H7B.C5H12N2.2H2O/c7-6-4-2-1-3-5-6;1-7-4-2-6-3-5-7;;/h1-5H,7H2;6H,2-5H2,1H3;2*1H2. The number of hydrogen-bond acceptors (Lipinski definition) is 2. The first kappa shape index (κ1) is 17.5. The van der Waals surface area contributed by atoms with Crippen LogP contribution in [0.15, 0.2) is 30.3 Å². The van der Waals surface area contributed by atoms with Crippen molar-refractivity contribution >= 4 is 13.3 Å². The van der Waals surface area contributed by atoms with E-state index in [1.54, 1.807) is 0 Å². The molecule has 5 N–H and O–H groups in total. The molecule has 1 saturated heterocycles. The van der Waals surface area contributed by atoms with Crippen molar-refractivity contribution in [1.29, 1.82) is 0 Å². The molecule has 1 aliphatic rings. The molecular formula is C11H23BN2O2. The highest BCUT2D eigenvalue weighted by molar-refractivity contribution is 6.32. The molecule has 0 amide bonds. The van der Waals surface area contributed by atoms with Crippen LogP contribution in [0.3, 0.4) is 0 Å². The Morgan fingerprint density at radius 2 is 1.56 bits per heavy atom. The van der Waals surface area contributed by atoms with E-state index in [1.165, 1.54) is 18.6 Å². The molecule has 0 aliphatic carbocycles. The van der Waals surface area contributed by atoms with Crippen molar-refractivity contribution < 1.29 is 11.0 Å². The van der Waals surface area contributed by atoms with Gasteiger partial charge in [0.1, 0.15) is 7.85 Å². The minimum Gasteiger partial charge on any atom is -0.412 e. The van der Waals surface area contributed by atoms with Crippen LogP contribution >= 0.6 is 0 Å². The van der Waals surface area contributed by atoms with E-state index in [9.17, 15) is 0 Å². The first-order valence-corrected chi connectivity index (χ1v) is 5.20. The fourth-order valence-electron chi connectivity index (χ4n) is 1.31. The summed E-state index contributed by atoms with van der Waals surface area (Å²) in [5.74, 6) is 0. The van der Waals surface area contributed by atoms with Crippen molar-refractivity contribution in [1.82, 2.24) is 10.2 Å². The number of nitrogens with one attached hydrogen (secondary N) is 1. The Morgan fingerprint density at radius 3 is 1.81 bits per heavy atom. The van der Waals surface area contributed by atoms with Crippen molar-refractivity contribution in [2.24, 2.45) is 0 Å². The number of likely N-dealkylation sites (N-methyl/N-ethyl adjacent to an activating group) is 1. The Hall–Kier alpha value is -0.875. The highest BCUT2D eigenvalue weighted by atomic mass is 16.0. The number of benzene rings is 1. The summed E-state index contributed by atoms with van der Waals surface area (Å²) < 4.78 is 0. The molecule has 1 heterocycles. The molecule has 0 unspecified atom stereocenters. The van der Waals surface area contributed by atoms with E-state index in [0.717, 1.165) is 13.1 Å². The molecule has 1 aliphatic heterocycles. The van der Waals surface area contributed by atoms with Gasteiger partial charge in [0.25, 0.3) is 0 Å². The predicted molar refractivity (Wildman–Crippen MR) is 72.2 cm³/mol. The van der Waals surface area contributed by atoms with E-state index < -0.39 is 0 Å².